The van der Waals surface area contributed by atoms with Crippen LogP contribution in [-0.2, 0) is 0 Å². The Labute approximate surface area is 106 Å². The molecule has 1 aliphatic carbocycles. The summed E-state index contributed by atoms with van der Waals surface area (Å²) >= 11 is 3.24. The number of halogens is 2. The molecule has 0 saturated heterocycles. The minimum absolute atomic E-state index is 0.0465. The molecule has 0 spiro atoms. The lowest BCUT2D eigenvalue weighted by atomic mass is 9.83. The van der Waals surface area contributed by atoms with Gasteiger partial charge < -0.3 is 0 Å². The van der Waals surface area contributed by atoms with Crippen molar-refractivity contribution in [3.63, 3.8) is 0 Å². The van der Waals surface area contributed by atoms with E-state index in [4.69, 9.17) is 0 Å². The standard InChI is InChI=1S/C12H11F2NS2/c13-12(14)5-8(6-12)7-16-11-15-9-3-1-2-4-10(9)17-11/h1-4,8H,5-7H2. The molecule has 5 heteroatoms. The van der Waals surface area contributed by atoms with E-state index in [1.54, 1.807) is 23.1 Å². The summed E-state index contributed by atoms with van der Waals surface area (Å²) in [6.07, 6.45) is 0.0930. The van der Waals surface area contributed by atoms with Gasteiger partial charge in [-0.1, -0.05) is 23.9 Å². The molecule has 0 amide bonds. The first-order valence-electron chi connectivity index (χ1n) is 5.49. The molecule has 1 nitrogen and oxygen atoms in total. The summed E-state index contributed by atoms with van der Waals surface area (Å²) in [4.78, 5) is 4.47. The maximum atomic E-state index is 12.7. The highest BCUT2D eigenvalue weighted by molar-refractivity contribution is 8.01. The first-order chi connectivity index (χ1) is 8.12. The van der Waals surface area contributed by atoms with E-state index in [0.717, 1.165) is 20.3 Å². The van der Waals surface area contributed by atoms with Gasteiger partial charge in [-0.3, -0.25) is 0 Å². The van der Waals surface area contributed by atoms with E-state index in [9.17, 15) is 8.78 Å². The summed E-state index contributed by atoms with van der Waals surface area (Å²) in [5.41, 5.74) is 0.999. The van der Waals surface area contributed by atoms with Crippen LogP contribution in [0.3, 0.4) is 0 Å². The van der Waals surface area contributed by atoms with Crippen LogP contribution in [0.15, 0.2) is 28.6 Å². The van der Waals surface area contributed by atoms with E-state index in [0.29, 0.717) is 0 Å². The van der Waals surface area contributed by atoms with Crippen molar-refractivity contribution in [2.45, 2.75) is 23.1 Å². The van der Waals surface area contributed by atoms with Crippen LogP contribution in [0.4, 0.5) is 8.78 Å². The Morgan fingerprint density at radius 3 is 2.82 bits per heavy atom. The number of rotatable bonds is 3. The molecule has 1 fully saturated rings. The Morgan fingerprint density at radius 1 is 1.35 bits per heavy atom. The van der Waals surface area contributed by atoms with E-state index >= 15 is 0 Å². The molecule has 1 saturated carbocycles. The van der Waals surface area contributed by atoms with Crippen molar-refractivity contribution in [2.24, 2.45) is 5.92 Å². The number of thioether (sulfide) groups is 1. The molecule has 17 heavy (non-hydrogen) atoms. The monoisotopic (exact) mass is 271 g/mol. The van der Waals surface area contributed by atoms with Gasteiger partial charge in [-0.15, -0.1) is 11.3 Å². The molecule has 0 atom stereocenters. The fraction of sp³-hybridized carbons (Fsp3) is 0.417. The molecule has 0 unspecified atom stereocenters. The lowest BCUT2D eigenvalue weighted by molar-refractivity contribution is -0.103. The van der Waals surface area contributed by atoms with Crippen LogP contribution in [0.2, 0.25) is 0 Å². The average Bonchev–Trinajstić information content (AvgIpc) is 2.65. The minimum atomic E-state index is -2.40. The van der Waals surface area contributed by atoms with Gasteiger partial charge in [0.25, 0.3) is 0 Å². The number of hydrogen-bond donors (Lipinski definition) is 0. The molecule has 90 valence electrons. The van der Waals surface area contributed by atoms with E-state index in [1.165, 1.54) is 0 Å². The van der Waals surface area contributed by atoms with Crippen molar-refractivity contribution in [3.05, 3.63) is 24.3 Å². The Hall–Kier alpha value is -0.680. The maximum Gasteiger partial charge on any atom is 0.248 e. The highest BCUT2D eigenvalue weighted by Crippen LogP contribution is 2.45. The molecule has 1 heterocycles. The zero-order valence-electron chi connectivity index (χ0n) is 9.03. The number of alkyl halides is 2. The topological polar surface area (TPSA) is 12.9 Å². The fourth-order valence-corrected chi connectivity index (χ4v) is 4.19. The fourth-order valence-electron chi connectivity index (χ4n) is 2.00. The van der Waals surface area contributed by atoms with Crippen LogP contribution in [0, 0.1) is 5.92 Å². The number of aromatic nitrogens is 1. The van der Waals surface area contributed by atoms with E-state index in [1.807, 2.05) is 24.3 Å². The third-order valence-electron chi connectivity index (χ3n) is 2.89. The van der Waals surface area contributed by atoms with E-state index < -0.39 is 5.92 Å². The van der Waals surface area contributed by atoms with Gasteiger partial charge in [-0.05, 0) is 18.1 Å². The smallest absolute Gasteiger partial charge is 0.230 e. The second kappa shape index (κ2) is 4.21. The first kappa shape index (κ1) is 11.4. The summed E-state index contributed by atoms with van der Waals surface area (Å²) in [6, 6.07) is 7.96. The van der Waals surface area contributed by atoms with E-state index in [-0.39, 0.29) is 18.8 Å². The summed E-state index contributed by atoms with van der Waals surface area (Å²) in [5.74, 6) is -1.49. The average molecular weight is 271 g/mol. The summed E-state index contributed by atoms with van der Waals surface area (Å²) in [5, 5.41) is 0. The lowest BCUT2D eigenvalue weighted by Crippen LogP contribution is -2.36. The predicted octanol–water partition coefficient (Wildman–Crippen LogP) is 4.43. The molecule has 1 aromatic carbocycles. The van der Waals surface area contributed by atoms with Gasteiger partial charge >= 0.3 is 0 Å². The minimum Gasteiger partial charge on any atom is -0.230 e. The maximum absolute atomic E-state index is 12.7. The summed E-state index contributed by atoms with van der Waals surface area (Å²) < 4.78 is 27.5. The molecule has 1 aromatic heterocycles. The lowest BCUT2D eigenvalue weighted by Gasteiger charge is -2.34. The Bertz CT molecular complexity index is 497. The third kappa shape index (κ3) is 2.45. The van der Waals surface area contributed by atoms with Gasteiger partial charge in [0.2, 0.25) is 5.92 Å². The molecule has 0 radical (unpaired) electrons. The number of hydrogen-bond acceptors (Lipinski definition) is 3. The molecule has 2 aromatic rings. The largest absolute Gasteiger partial charge is 0.248 e. The quantitative estimate of drug-likeness (QED) is 0.766. The Balaban J connectivity index is 1.62. The van der Waals surface area contributed by atoms with Crippen LogP contribution >= 0.6 is 23.1 Å². The number of nitrogens with zero attached hydrogens (tertiary/aromatic N) is 1. The van der Waals surface area contributed by atoms with Crippen LogP contribution in [0.5, 0.6) is 0 Å². The second-order valence-electron chi connectivity index (χ2n) is 4.39. The third-order valence-corrected chi connectivity index (χ3v) is 5.30. The van der Waals surface area contributed by atoms with Crippen LogP contribution in [-0.4, -0.2) is 16.7 Å². The number of benzene rings is 1. The van der Waals surface area contributed by atoms with Crippen LogP contribution < -0.4 is 0 Å². The first-order valence-corrected chi connectivity index (χ1v) is 7.29. The molecule has 0 N–H and O–H groups in total. The van der Waals surface area contributed by atoms with Gasteiger partial charge in [0.05, 0.1) is 10.2 Å². The van der Waals surface area contributed by atoms with Crippen molar-refractivity contribution in [1.82, 2.24) is 4.98 Å². The van der Waals surface area contributed by atoms with Crippen LogP contribution in [0.25, 0.3) is 10.2 Å². The summed E-state index contributed by atoms with van der Waals surface area (Å²) in [7, 11) is 0. The molecule has 0 aliphatic heterocycles. The highest BCUT2D eigenvalue weighted by Gasteiger charge is 2.44. The zero-order valence-corrected chi connectivity index (χ0v) is 10.7. The number of fused-ring (bicyclic) bond motifs is 1. The normalized spacial score (nSPS) is 19.4. The van der Waals surface area contributed by atoms with E-state index in [2.05, 4.69) is 4.98 Å². The molecular formula is C12H11F2NS2. The Kier molecular flexibility index (Phi) is 2.83. The van der Waals surface area contributed by atoms with Gasteiger partial charge in [0.1, 0.15) is 0 Å². The van der Waals surface area contributed by atoms with Crippen molar-refractivity contribution < 1.29 is 8.78 Å². The van der Waals surface area contributed by atoms with Crippen molar-refractivity contribution in [1.29, 1.82) is 0 Å². The van der Waals surface area contributed by atoms with Crippen LogP contribution in [0.1, 0.15) is 12.8 Å². The molecule has 1 aliphatic rings. The number of thiazole rings is 1. The highest BCUT2D eigenvalue weighted by atomic mass is 32.2. The van der Waals surface area contributed by atoms with Crippen molar-refractivity contribution in [2.75, 3.05) is 5.75 Å². The second-order valence-corrected chi connectivity index (χ2v) is 6.69. The predicted molar refractivity (Wildman–Crippen MR) is 68.0 cm³/mol. The van der Waals surface area contributed by atoms with Gasteiger partial charge in [-0.2, -0.15) is 0 Å². The molecular weight excluding hydrogens is 260 g/mol. The van der Waals surface area contributed by atoms with Gasteiger partial charge in [-0.25, -0.2) is 13.8 Å². The molecule has 0 bridgehead atoms. The molecule has 3 rings (SSSR count). The number of para-hydroxylation sites is 1. The van der Waals surface area contributed by atoms with Gasteiger partial charge in [0, 0.05) is 18.6 Å². The summed E-state index contributed by atoms with van der Waals surface area (Å²) in [6.45, 7) is 0. The Morgan fingerprint density at radius 2 is 2.12 bits per heavy atom. The van der Waals surface area contributed by atoms with Crippen molar-refractivity contribution in [3.8, 4) is 0 Å². The van der Waals surface area contributed by atoms with Gasteiger partial charge in [0.15, 0.2) is 4.34 Å². The van der Waals surface area contributed by atoms with Crippen molar-refractivity contribution >= 4 is 33.3 Å². The SMILES string of the molecule is FC1(F)CC(CSc2nc3ccccc3s2)C1. The zero-order chi connectivity index (χ0) is 11.9.